The van der Waals surface area contributed by atoms with Crippen molar-refractivity contribution in [1.29, 1.82) is 5.26 Å². The molecule has 0 saturated heterocycles. The Kier molecular flexibility index (Phi) is 8.98. The standard InChI is InChI=1S/C34H36N4O4/c1-39-30-13-12-23(18-31(30)40-2)14-16-36-34(37-22-35)38-17-15-26-20-32(41-3)33(42-4)21-28(26)29(38)19-25-10-7-9-24-8-5-6-11-27(24)25/h5-13,18,20-21,29H,14-17,19H2,1-4H3,(H,36,37). The Labute approximate surface area is 247 Å². The summed E-state index contributed by atoms with van der Waals surface area (Å²) in [6.07, 6.45) is 4.31. The van der Waals surface area contributed by atoms with Crippen LogP contribution in [0.1, 0.15) is 28.3 Å². The Hall–Kier alpha value is -4.90. The van der Waals surface area contributed by atoms with Crippen molar-refractivity contribution in [2.45, 2.75) is 25.3 Å². The third-order valence-electron chi connectivity index (χ3n) is 7.85. The van der Waals surface area contributed by atoms with Crippen LogP contribution in [-0.2, 0) is 19.3 Å². The van der Waals surface area contributed by atoms with Crippen molar-refractivity contribution in [3.8, 4) is 29.2 Å². The van der Waals surface area contributed by atoms with Crippen molar-refractivity contribution >= 4 is 16.7 Å². The Bertz CT molecular complexity index is 1620. The molecule has 1 aliphatic rings. The van der Waals surface area contributed by atoms with Gasteiger partial charge in [-0.25, -0.2) is 0 Å². The zero-order valence-electron chi connectivity index (χ0n) is 24.5. The molecular weight excluding hydrogens is 528 g/mol. The van der Waals surface area contributed by atoms with Gasteiger partial charge in [-0.3, -0.25) is 10.3 Å². The topological polar surface area (TPSA) is 88.3 Å². The van der Waals surface area contributed by atoms with E-state index in [1.807, 2.05) is 18.2 Å². The highest BCUT2D eigenvalue weighted by molar-refractivity contribution is 5.86. The van der Waals surface area contributed by atoms with Gasteiger partial charge in [0.25, 0.3) is 0 Å². The molecule has 5 rings (SSSR count). The van der Waals surface area contributed by atoms with Gasteiger partial charge in [-0.15, -0.1) is 0 Å². The first-order valence-electron chi connectivity index (χ1n) is 14.0. The highest BCUT2D eigenvalue weighted by Crippen LogP contribution is 2.40. The van der Waals surface area contributed by atoms with E-state index in [-0.39, 0.29) is 6.04 Å². The van der Waals surface area contributed by atoms with Crippen LogP contribution in [0.2, 0.25) is 0 Å². The molecule has 0 aromatic heterocycles. The molecule has 1 atom stereocenters. The van der Waals surface area contributed by atoms with E-state index in [1.165, 1.54) is 21.9 Å². The van der Waals surface area contributed by atoms with Crippen LogP contribution in [0.15, 0.2) is 77.8 Å². The molecule has 0 fully saturated rings. The maximum Gasteiger partial charge on any atom is 0.207 e. The van der Waals surface area contributed by atoms with Crippen LogP contribution in [0.25, 0.3) is 10.8 Å². The zero-order valence-corrected chi connectivity index (χ0v) is 24.5. The molecule has 0 spiro atoms. The van der Waals surface area contributed by atoms with Crippen LogP contribution in [-0.4, -0.2) is 52.4 Å². The lowest BCUT2D eigenvalue weighted by molar-refractivity contribution is 0.286. The summed E-state index contributed by atoms with van der Waals surface area (Å²) < 4.78 is 22.2. The normalized spacial score (nSPS) is 14.6. The second-order valence-corrected chi connectivity index (χ2v) is 10.1. The number of guanidine groups is 1. The monoisotopic (exact) mass is 564 g/mol. The SMILES string of the molecule is COc1ccc(CCN=C(NC#N)N2CCc3cc(OC)c(OC)cc3C2Cc2cccc3ccccc23)cc1OC. The number of rotatable bonds is 9. The van der Waals surface area contributed by atoms with E-state index >= 15 is 0 Å². The largest absolute Gasteiger partial charge is 0.493 e. The Morgan fingerprint density at radius 1 is 0.881 bits per heavy atom. The molecule has 0 amide bonds. The van der Waals surface area contributed by atoms with Gasteiger partial charge in [0.15, 0.2) is 29.2 Å². The number of hydrogen-bond acceptors (Lipinski definition) is 6. The predicted octanol–water partition coefficient (Wildman–Crippen LogP) is 5.69. The molecule has 0 saturated carbocycles. The van der Waals surface area contributed by atoms with E-state index in [1.54, 1.807) is 28.4 Å². The minimum Gasteiger partial charge on any atom is -0.493 e. The van der Waals surface area contributed by atoms with Crippen LogP contribution in [0, 0.1) is 11.5 Å². The van der Waals surface area contributed by atoms with Gasteiger partial charge in [-0.1, -0.05) is 48.5 Å². The molecule has 8 nitrogen and oxygen atoms in total. The van der Waals surface area contributed by atoms with Crippen LogP contribution in [0.3, 0.4) is 0 Å². The van der Waals surface area contributed by atoms with Gasteiger partial charge < -0.3 is 23.8 Å². The minimum atomic E-state index is -0.0833. The summed E-state index contributed by atoms with van der Waals surface area (Å²) in [4.78, 5) is 7.13. The summed E-state index contributed by atoms with van der Waals surface area (Å²) >= 11 is 0. The molecule has 216 valence electrons. The Morgan fingerprint density at radius 2 is 1.60 bits per heavy atom. The van der Waals surface area contributed by atoms with Crippen molar-refractivity contribution in [3.63, 3.8) is 0 Å². The molecule has 0 radical (unpaired) electrons. The quantitative estimate of drug-likeness (QED) is 0.121. The van der Waals surface area contributed by atoms with Crippen LogP contribution >= 0.6 is 0 Å². The summed E-state index contributed by atoms with van der Waals surface area (Å²) in [7, 11) is 6.57. The smallest absolute Gasteiger partial charge is 0.207 e. The number of hydrogen-bond donors (Lipinski definition) is 1. The highest BCUT2D eigenvalue weighted by atomic mass is 16.5. The van der Waals surface area contributed by atoms with Gasteiger partial charge in [-0.2, -0.15) is 5.26 Å². The number of ether oxygens (including phenoxy) is 4. The average molecular weight is 565 g/mol. The van der Waals surface area contributed by atoms with Gasteiger partial charge in [-0.05, 0) is 76.6 Å². The molecule has 1 aliphatic heterocycles. The van der Waals surface area contributed by atoms with E-state index < -0.39 is 0 Å². The van der Waals surface area contributed by atoms with Crippen LogP contribution in [0.4, 0.5) is 0 Å². The van der Waals surface area contributed by atoms with Crippen molar-refractivity contribution < 1.29 is 18.9 Å². The molecule has 4 aromatic rings. The summed E-state index contributed by atoms with van der Waals surface area (Å²) in [6, 6.07) is 24.8. The first-order valence-corrected chi connectivity index (χ1v) is 14.0. The molecule has 0 bridgehead atoms. The molecule has 8 heteroatoms. The summed E-state index contributed by atoms with van der Waals surface area (Å²) in [5.74, 6) is 3.32. The molecule has 42 heavy (non-hydrogen) atoms. The first-order chi connectivity index (χ1) is 20.6. The van der Waals surface area contributed by atoms with Gasteiger partial charge in [0, 0.05) is 13.1 Å². The number of nitrogens with one attached hydrogen (secondary N) is 1. The number of fused-ring (bicyclic) bond motifs is 2. The molecule has 0 aliphatic carbocycles. The van der Waals surface area contributed by atoms with E-state index in [0.29, 0.717) is 48.5 Å². The Morgan fingerprint density at radius 3 is 2.36 bits per heavy atom. The fourth-order valence-electron chi connectivity index (χ4n) is 5.76. The molecule has 4 aromatic carbocycles. The lowest BCUT2D eigenvalue weighted by Crippen LogP contribution is -2.46. The first kappa shape index (κ1) is 28.6. The minimum absolute atomic E-state index is 0.0833. The second kappa shape index (κ2) is 13.2. The molecule has 1 heterocycles. The van der Waals surface area contributed by atoms with Gasteiger partial charge in [0.05, 0.1) is 34.5 Å². The lowest BCUT2D eigenvalue weighted by Gasteiger charge is -2.39. The number of benzene rings is 4. The highest BCUT2D eigenvalue weighted by Gasteiger charge is 2.32. The summed E-state index contributed by atoms with van der Waals surface area (Å²) in [6.45, 7) is 1.19. The predicted molar refractivity (Wildman–Crippen MR) is 165 cm³/mol. The number of nitriles is 1. The van der Waals surface area contributed by atoms with E-state index in [4.69, 9.17) is 23.9 Å². The maximum absolute atomic E-state index is 9.74. The molecule has 1 N–H and O–H groups in total. The van der Waals surface area contributed by atoms with Crippen molar-refractivity contribution in [1.82, 2.24) is 10.2 Å². The maximum atomic E-state index is 9.74. The average Bonchev–Trinajstić information content (AvgIpc) is 3.03. The van der Waals surface area contributed by atoms with Crippen LogP contribution in [0.5, 0.6) is 23.0 Å². The van der Waals surface area contributed by atoms with E-state index in [9.17, 15) is 5.26 Å². The third kappa shape index (κ3) is 5.91. The number of aliphatic imine (C=N–C) groups is 1. The summed E-state index contributed by atoms with van der Waals surface area (Å²) in [5, 5.41) is 15.0. The fourth-order valence-corrected chi connectivity index (χ4v) is 5.76. The van der Waals surface area contributed by atoms with Gasteiger partial charge in [0.2, 0.25) is 5.96 Å². The Balaban J connectivity index is 1.51. The van der Waals surface area contributed by atoms with Crippen LogP contribution < -0.4 is 24.3 Å². The van der Waals surface area contributed by atoms with E-state index in [0.717, 1.165) is 24.0 Å². The van der Waals surface area contributed by atoms with Gasteiger partial charge >= 0.3 is 0 Å². The number of methoxy groups -OCH3 is 4. The van der Waals surface area contributed by atoms with Crippen molar-refractivity contribution in [3.05, 3.63) is 95.1 Å². The lowest BCUT2D eigenvalue weighted by atomic mass is 9.87. The van der Waals surface area contributed by atoms with E-state index in [2.05, 4.69) is 71.0 Å². The number of nitrogens with zero attached hydrogens (tertiary/aromatic N) is 3. The zero-order chi connectivity index (χ0) is 29.5. The third-order valence-corrected chi connectivity index (χ3v) is 7.85. The van der Waals surface area contributed by atoms with Gasteiger partial charge in [0.1, 0.15) is 0 Å². The van der Waals surface area contributed by atoms with Crippen molar-refractivity contribution in [2.24, 2.45) is 4.99 Å². The molecular formula is C34H36N4O4. The molecule has 1 unspecified atom stereocenters. The summed E-state index contributed by atoms with van der Waals surface area (Å²) in [5.41, 5.74) is 4.64. The second-order valence-electron chi connectivity index (χ2n) is 10.1. The fraction of sp³-hybridized carbons (Fsp3) is 0.294. The van der Waals surface area contributed by atoms with Crippen molar-refractivity contribution in [2.75, 3.05) is 41.5 Å².